The molecule has 0 spiro atoms. The number of nitrogens with one attached hydrogen (secondary N) is 2. The van der Waals surface area contributed by atoms with Crippen molar-refractivity contribution < 1.29 is 19.1 Å². The summed E-state index contributed by atoms with van der Waals surface area (Å²) in [5.41, 5.74) is 0.766. The Morgan fingerprint density at radius 1 is 0.964 bits per heavy atom. The smallest absolute Gasteiger partial charge is 0.251 e. The highest BCUT2D eigenvalue weighted by Gasteiger charge is 2.26. The lowest BCUT2D eigenvalue weighted by molar-refractivity contribution is -0.118. The van der Waals surface area contributed by atoms with Gasteiger partial charge in [0.05, 0.1) is 24.9 Å². The van der Waals surface area contributed by atoms with Crippen molar-refractivity contribution in [1.82, 2.24) is 5.32 Å². The Bertz CT molecular complexity index is 854. The minimum atomic E-state index is -0.771. The SMILES string of the molecule is COc1cc(Cl)c(NC(=O)C(NC(=O)c2ccc(Cl)cc2)C(C)C)cc1OC. The maximum absolute atomic E-state index is 12.8. The van der Waals surface area contributed by atoms with E-state index in [0.717, 1.165) is 0 Å². The Hall–Kier alpha value is -2.44. The first-order valence-electron chi connectivity index (χ1n) is 8.55. The molecule has 0 aliphatic heterocycles. The largest absolute Gasteiger partial charge is 0.493 e. The summed E-state index contributed by atoms with van der Waals surface area (Å²) in [6.07, 6.45) is 0. The second-order valence-corrected chi connectivity index (χ2v) is 7.22. The number of carbonyl (C=O) groups excluding carboxylic acids is 2. The van der Waals surface area contributed by atoms with Crippen molar-refractivity contribution in [2.75, 3.05) is 19.5 Å². The first kappa shape index (κ1) is 21.9. The van der Waals surface area contributed by atoms with Gasteiger partial charge in [-0.3, -0.25) is 9.59 Å². The molecular weight excluding hydrogens is 403 g/mol. The molecule has 6 nitrogen and oxygen atoms in total. The van der Waals surface area contributed by atoms with Gasteiger partial charge in [-0.1, -0.05) is 37.0 Å². The molecule has 0 bridgehead atoms. The Kier molecular flexibility index (Phi) is 7.54. The lowest BCUT2D eigenvalue weighted by Crippen LogP contribution is -2.47. The molecule has 1 unspecified atom stereocenters. The van der Waals surface area contributed by atoms with E-state index in [2.05, 4.69) is 10.6 Å². The topological polar surface area (TPSA) is 76.7 Å². The molecule has 1 atom stereocenters. The van der Waals surface area contributed by atoms with Gasteiger partial charge in [0.1, 0.15) is 6.04 Å². The van der Waals surface area contributed by atoms with Gasteiger partial charge in [0.25, 0.3) is 5.91 Å². The van der Waals surface area contributed by atoms with Gasteiger partial charge >= 0.3 is 0 Å². The summed E-state index contributed by atoms with van der Waals surface area (Å²) in [5.74, 6) is -0.0547. The number of carbonyl (C=O) groups is 2. The molecule has 0 saturated heterocycles. The lowest BCUT2D eigenvalue weighted by atomic mass is 10.0. The molecule has 2 rings (SSSR count). The third-order valence-corrected chi connectivity index (χ3v) is 4.64. The molecule has 2 amide bonds. The van der Waals surface area contributed by atoms with Crippen molar-refractivity contribution >= 4 is 40.7 Å². The molecule has 150 valence electrons. The second kappa shape index (κ2) is 9.66. The predicted octanol–water partition coefficient (Wildman–Crippen LogP) is 4.40. The van der Waals surface area contributed by atoms with E-state index in [0.29, 0.717) is 27.8 Å². The lowest BCUT2D eigenvalue weighted by Gasteiger charge is -2.22. The fourth-order valence-electron chi connectivity index (χ4n) is 2.52. The average Bonchev–Trinajstić information content (AvgIpc) is 2.67. The van der Waals surface area contributed by atoms with Crippen LogP contribution < -0.4 is 20.1 Å². The van der Waals surface area contributed by atoms with Crippen molar-refractivity contribution in [3.63, 3.8) is 0 Å². The molecule has 0 saturated carbocycles. The molecule has 0 aliphatic carbocycles. The summed E-state index contributed by atoms with van der Waals surface area (Å²) >= 11 is 12.1. The van der Waals surface area contributed by atoms with Gasteiger partial charge in [-0.05, 0) is 30.2 Å². The molecule has 2 aromatic carbocycles. The number of ether oxygens (including phenoxy) is 2. The number of hydrogen-bond donors (Lipinski definition) is 2. The summed E-state index contributed by atoms with van der Waals surface area (Å²) in [7, 11) is 2.98. The molecule has 28 heavy (non-hydrogen) atoms. The number of amides is 2. The fraction of sp³-hybridized carbons (Fsp3) is 0.300. The van der Waals surface area contributed by atoms with Crippen LogP contribution >= 0.6 is 23.2 Å². The Morgan fingerprint density at radius 2 is 1.54 bits per heavy atom. The van der Waals surface area contributed by atoms with Crippen molar-refractivity contribution in [2.24, 2.45) is 5.92 Å². The highest BCUT2D eigenvalue weighted by atomic mass is 35.5. The molecule has 2 aromatic rings. The monoisotopic (exact) mass is 424 g/mol. The van der Waals surface area contributed by atoms with Gasteiger partial charge in [-0.15, -0.1) is 0 Å². The summed E-state index contributed by atoms with van der Waals surface area (Å²) in [6.45, 7) is 3.67. The van der Waals surface area contributed by atoms with E-state index >= 15 is 0 Å². The van der Waals surface area contributed by atoms with Gasteiger partial charge in [-0.25, -0.2) is 0 Å². The average molecular weight is 425 g/mol. The van der Waals surface area contributed by atoms with Crippen LogP contribution in [0, 0.1) is 5.92 Å². The van der Waals surface area contributed by atoms with Gasteiger partial charge in [0, 0.05) is 22.7 Å². The predicted molar refractivity (Wildman–Crippen MR) is 111 cm³/mol. The van der Waals surface area contributed by atoms with Gasteiger partial charge in [-0.2, -0.15) is 0 Å². The molecule has 0 aliphatic rings. The third-order valence-electron chi connectivity index (χ3n) is 4.07. The normalized spacial score (nSPS) is 11.7. The third kappa shape index (κ3) is 5.30. The second-order valence-electron chi connectivity index (χ2n) is 6.38. The van der Waals surface area contributed by atoms with Crippen LogP contribution in [0.1, 0.15) is 24.2 Å². The van der Waals surface area contributed by atoms with E-state index in [1.165, 1.54) is 14.2 Å². The number of hydrogen-bond acceptors (Lipinski definition) is 4. The minimum Gasteiger partial charge on any atom is -0.493 e. The maximum atomic E-state index is 12.8. The summed E-state index contributed by atoms with van der Waals surface area (Å²) in [4.78, 5) is 25.3. The van der Waals surface area contributed by atoms with E-state index in [1.54, 1.807) is 36.4 Å². The quantitative estimate of drug-likeness (QED) is 0.690. The van der Waals surface area contributed by atoms with Crippen LogP contribution in [0.3, 0.4) is 0 Å². The molecule has 0 radical (unpaired) electrons. The van der Waals surface area contributed by atoms with E-state index < -0.39 is 11.9 Å². The van der Waals surface area contributed by atoms with Crippen LogP contribution in [-0.2, 0) is 4.79 Å². The molecule has 0 heterocycles. The summed E-state index contributed by atoms with van der Waals surface area (Å²) in [5, 5.41) is 6.31. The Labute approximate surface area is 174 Å². The van der Waals surface area contributed by atoms with Gasteiger partial charge < -0.3 is 20.1 Å². The summed E-state index contributed by atoms with van der Waals surface area (Å²) < 4.78 is 10.4. The number of anilines is 1. The Balaban J connectivity index is 2.19. The van der Waals surface area contributed by atoms with E-state index in [-0.39, 0.29) is 16.8 Å². The van der Waals surface area contributed by atoms with Crippen LogP contribution in [0.25, 0.3) is 0 Å². The zero-order valence-electron chi connectivity index (χ0n) is 16.0. The molecule has 0 fully saturated rings. The zero-order chi connectivity index (χ0) is 20.8. The van der Waals surface area contributed by atoms with Gasteiger partial charge in [0.2, 0.25) is 5.91 Å². The van der Waals surface area contributed by atoms with E-state index in [9.17, 15) is 9.59 Å². The Morgan fingerprint density at radius 3 is 2.07 bits per heavy atom. The molecular formula is C20H22Cl2N2O4. The van der Waals surface area contributed by atoms with Crippen LogP contribution in [0.15, 0.2) is 36.4 Å². The maximum Gasteiger partial charge on any atom is 0.251 e. The van der Waals surface area contributed by atoms with Crippen LogP contribution in [-0.4, -0.2) is 32.1 Å². The van der Waals surface area contributed by atoms with Crippen molar-refractivity contribution in [3.8, 4) is 11.5 Å². The van der Waals surface area contributed by atoms with Crippen molar-refractivity contribution in [2.45, 2.75) is 19.9 Å². The van der Waals surface area contributed by atoms with E-state index in [4.69, 9.17) is 32.7 Å². The highest BCUT2D eigenvalue weighted by molar-refractivity contribution is 6.34. The fourth-order valence-corrected chi connectivity index (χ4v) is 2.85. The standard InChI is InChI=1S/C20H22Cl2N2O4/c1-11(2)18(24-19(25)12-5-7-13(21)8-6-12)20(26)23-15-10-17(28-4)16(27-3)9-14(15)22/h5-11,18H,1-4H3,(H,23,26)(H,24,25). The van der Waals surface area contributed by atoms with Crippen molar-refractivity contribution in [3.05, 3.63) is 52.0 Å². The summed E-state index contributed by atoms with van der Waals surface area (Å²) in [6, 6.07) is 8.77. The van der Waals surface area contributed by atoms with Crippen molar-refractivity contribution in [1.29, 1.82) is 0 Å². The van der Waals surface area contributed by atoms with Crippen LogP contribution in [0.4, 0.5) is 5.69 Å². The number of halogens is 2. The van der Waals surface area contributed by atoms with Gasteiger partial charge in [0.15, 0.2) is 11.5 Å². The first-order chi connectivity index (χ1) is 13.3. The number of benzene rings is 2. The number of rotatable bonds is 7. The molecule has 2 N–H and O–H groups in total. The first-order valence-corrected chi connectivity index (χ1v) is 9.31. The highest BCUT2D eigenvalue weighted by Crippen LogP contribution is 2.36. The zero-order valence-corrected chi connectivity index (χ0v) is 17.5. The van der Waals surface area contributed by atoms with E-state index in [1.807, 2.05) is 13.8 Å². The van der Waals surface area contributed by atoms with Crippen LogP contribution in [0.2, 0.25) is 10.0 Å². The molecule has 8 heteroatoms. The van der Waals surface area contributed by atoms with Crippen LogP contribution in [0.5, 0.6) is 11.5 Å². The molecule has 0 aromatic heterocycles. The minimum absolute atomic E-state index is 0.157. The number of methoxy groups -OCH3 is 2.